The van der Waals surface area contributed by atoms with E-state index in [1.807, 2.05) is 25.6 Å². The zero-order valence-corrected chi connectivity index (χ0v) is 13.0. The van der Waals surface area contributed by atoms with E-state index in [1.54, 1.807) is 6.26 Å². The van der Waals surface area contributed by atoms with Crippen LogP contribution in [0.3, 0.4) is 0 Å². The molecule has 2 heteroatoms. The average molecular weight is 258 g/mol. The summed E-state index contributed by atoms with van der Waals surface area (Å²) < 4.78 is 0. The maximum absolute atomic E-state index is 3.53. The van der Waals surface area contributed by atoms with Crippen molar-refractivity contribution in [3.05, 3.63) is 35.4 Å². The van der Waals surface area contributed by atoms with E-state index in [0.29, 0.717) is 0 Å². The minimum Gasteiger partial charge on any atom is -0.183 e. The molecule has 0 N–H and O–H groups in total. The van der Waals surface area contributed by atoms with Crippen LogP contribution in [0.2, 0.25) is 0 Å². The first-order chi connectivity index (χ1) is 7.88. The fraction of sp³-hybridized carbons (Fsp3) is 0.571. The molecule has 0 heterocycles. The van der Waals surface area contributed by atoms with Gasteiger partial charge in [0.2, 0.25) is 0 Å². The van der Waals surface area contributed by atoms with Crippen molar-refractivity contribution >= 4 is 24.4 Å². The molecule has 0 saturated carbocycles. The summed E-state index contributed by atoms with van der Waals surface area (Å²) in [5.41, 5.74) is 3.03. The molecule has 0 amide bonds. The first-order valence-corrected chi connectivity index (χ1v) is 8.17. The second-order valence-corrected chi connectivity index (χ2v) is 3.85. The average Bonchev–Trinajstić information content (AvgIpc) is 2.41. The molecule has 1 aromatic rings. The molecule has 0 aromatic heterocycles. The normalized spacial score (nSPS) is 8.38. The monoisotopic (exact) mass is 258 g/mol. The maximum Gasteiger partial charge on any atom is -0.00297 e. The van der Waals surface area contributed by atoms with Crippen molar-refractivity contribution in [3.8, 4) is 0 Å². The van der Waals surface area contributed by atoms with Gasteiger partial charge in [-0.05, 0) is 42.2 Å². The summed E-state index contributed by atoms with van der Waals surface area (Å²) in [5.74, 6) is 1.23. The largest absolute Gasteiger partial charge is 0.183 e. The molecule has 0 aliphatic carbocycles. The van der Waals surface area contributed by atoms with Crippen LogP contribution in [0.15, 0.2) is 24.3 Å². The molecule has 16 heavy (non-hydrogen) atoms. The smallest absolute Gasteiger partial charge is 0.00297 e. The molecule has 0 bridgehead atoms. The van der Waals surface area contributed by atoms with Gasteiger partial charge < -0.3 is 0 Å². The molecule has 0 nitrogen and oxygen atoms in total. The van der Waals surface area contributed by atoms with Gasteiger partial charge in [0, 0.05) is 0 Å². The van der Waals surface area contributed by atoms with Crippen LogP contribution in [-0.2, 0) is 12.8 Å². The van der Waals surface area contributed by atoms with Gasteiger partial charge in [-0.25, -0.2) is 0 Å². The highest BCUT2D eigenvalue weighted by molar-refractivity contribution is 7.98. The molecule has 0 spiro atoms. The Morgan fingerprint density at radius 2 is 1.56 bits per heavy atom. The number of aryl methyl sites for hydroxylation is 2. The van der Waals surface area contributed by atoms with Crippen LogP contribution in [0.25, 0.3) is 0 Å². The Kier molecular flexibility index (Phi) is 17.1. The van der Waals surface area contributed by atoms with Crippen LogP contribution < -0.4 is 0 Å². The molecule has 0 radical (unpaired) electrons. The lowest BCUT2D eigenvalue weighted by molar-refractivity contribution is 1.05. The van der Waals surface area contributed by atoms with Crippen molar-refractivity contribution in [1.29, 1.82) is 0 Å². The molecule has 0 atom stereocenters. The van der Waals surface area contributed by atoms with E-state index in [4.69, 9.17) is 0 Å². The van der Waals surface area contributed by atoms with Crippen LogP contribution in [-0.4, -0.2) is 18.3 Å². The first kappa shape index (κ1) is 18.3. The summed E-state index contributed by atoms with van der Waals surface area (Å²) in [7, 11) is 0. The lowest BCUT2D eigenvalue weighted by Crippen LogP contribution is -1.93. The van der Waals surface area contributed by atoms with Crippen LogP contribution in [0.4, 0.5) is 0 Å². The maximum atomic E-state index is 3.53. The highest BCUT2D eigenvalue weighted by Crippen LogP contribution is 2.11. The van der Waals surface area contributed by atoms with Gasteiger partial charge in [0.25, 0.3) is 0 Å². The summed E-state index contributed by atoms with van der Waals surface area (Å²) >= 11 is 5.44. The third kappa shape index (κ3) is 8.12. The summed E-state index contributed by atoms with van der Waals surface area (Å²) in [6.07, 6.45) is 6.23. The van der Waals surface area contributed by atoms with Gasteiger partial charge in [0.05, 0.1) is 0 Å². The first-order valence-electron chi connectivity index (χ1n) is 5.89. The van der Waals surface area contributed by atoms with Crippen LogP contribution in [0, 0.1) is 0 Å². The zero-order chi connectivity index (χ0) is 12.8. The molecule has 1 rings (SSSR count). The van der Waals surface area contributed by atoms with E-state index < -0.39 is 0 Å². The minimum absolute atomic E-state index is 1.16. The molecule has 0 aliphatic heterocycles. The topological polar surface area (TPSA) is 0 Å². The Morgan fingerprint density at radius 3 is 2.00 bits per heavy atom. The molecule has 0 saturated heterocycles. The lowest BCUT2D eigenvalue weighted by atomic mass is 10.0. The van der Waals surface area contributed by atoms with Crippen LogP contribution in [0.5, 0.6) is 0 Å². The Labute approximate surface area is 112 Å². The Hall–Kier alpha value is -0.0800. The number of thioether (sulfide) groups is 1. The van der Waals surface area contributed by atoms with Gasteiger partial charge in [-0.3, -0.25) is 0 Å². The molecule has 1 aromatic carbocycles. The Morgan fingerprint density at radius 1 is 1.06 bits per heavy atom. The van der Waals surface area contributed by atoms with E-state index in [-0.39, 0.29) is 0 Å². The van der Waals surface area contributed by atoms with Crippen molar-refractivity contribution in [2.75, 3.05) is 18.3 Å². The molecule has 0 unspecified atom stereocenters. The molecule has 94 valence electrons. The fourth-order valence-electron chi connectivity index (χ4n) is 1.36. The van der Waals surface area contributed by atoms with Gasteiger partial charge >= 0.3 is 0 Å². The van der Waals surface area contributed by atoms with E-state index in [2.05, 4.69) is 50.1 Å². The fourth-order valence-corrected chi connectivity index (χ4v) is 1.78. The highest BCUT2D eigenvalue weighted by atomic mass is 32.2. The summed E-state index contributed by atoms with van der Waals surface area (Å²) in [4.78, 5) is 0. The van der Waals surface area contributed by atoms with Crippen molar-refractivity contribution < 1.29 is 0 Å². The van der Waals surface area contributed by atoms with Crippen molar-refractivity contribution in [2.24, 2.45) is 0 Å². The third-order valence-corrected chi connectivity index (χ3v) is 2.69. The predicted molar refractivity (Wildman–Crippen MR) is 84.2 cm³/mol. The second-order valence-electron chi connectivity index (χ2n) is 2.87. The SMILES string of the molecule is CC.CCc1ccccc1CCSC.CS. The standard InChI is InChI=1S/C11H16S.C2H6.CH4S/c1-3-10-6-4-5-7-11(10)8-9-12-2;2*1-2/h4-7H,3,8-9H2,1-2H3;1-2H3;2H,1H3. The number of benzene rings is 1. The number of hydrogen-bond donors (Lipinski definition) is 1. The van der Waals surface area contributed by atoms with Crippen LogP contribution in [0.1, 0.15) is 31.9 Å². The molecular formula is C14H26S2. The predicted octanol–water partition coefficient (Wildman–Crippen LogP) is 4.73. The number of thiol groups is 1. The van der Waals surface area contributed by atoms with E-state index >= 15 is 0 Å². The van der Waals surface area contributed by atoms with E-state index in [1.165, 1.54) is 23.3 Å². The summed E-state index contributed by atoms with van der Waals surface area (Å²) in [5, 5.41) is 0. The van der Waals surface area contributed by atoms with Crippen molar-refractivity contribution in [2.45, 2.75) is 33.6 Å². The van der Waals surface area contributed by atoms with Gasteiger partial charge in [0.1, 0.15) is 0 Å². The molecule has 0 aliphatic rings. The van der Waals surface area contributed by atoms with Crippen molar-refractivity contribution in [3.63, 3.8) is 0 Å². The number of rotatable bonds is 4. The number of hydrogen-bond acceptors (Lipinski definition) is 2. The molecule has 0 fully saturated rings. The van der Waals surface area contributed by atoms with Crippen LogP contribution >= 0.6 is 24.4 Å². The van der Waals surface area contributed by atoms with Gasteiger partial charge in [0.15, 0.2) is 0 Å². The lowest BCUT2D eigenvalue weighted by Gasteiger charge is -2.05. The van der Waals surface area contributed by atoms with Gasteiger partial charge in [-0.1, -0.05) is 45.0 Å². The van der Waals surface area contributed by atoms with E-state index in [0.717, 1.165) is 6.42 Å². The second kappa shape index (κ2) is 14.9. The van der Waals surface area contributed by atoms with Gasteiger partial charge in [-0.15, -0.1) is 0 Å². The van der Waals surface area contributed by atoms with E-state index in [9.17, 15) is 0 Å². The van der Waals surface area contributed by atoms with Crippen molar-refractivity contribution in [1.82, 2.24) is 0 Å². The summed E-state index contributed by atoms with van der Waals surface area (Å²) in [6.45, 7) is 6.22. The summed E-state index contributed by atoms with van der Waals surface area (Å²) in [6, 6.07) is 8.74. The Bertz CT molecular complexity index is 234. The third-order valence-electron chi connectivity index (χ3n) is 2.07. The molecular weight excluding hydrogens is 232 g/mol. The quantitative estimate of drug-likeness (QED) is 0.762. The highest BCUT2D eigenvalue weighted by Gasteiger charge is 1.97. The minimum atomic E-state index is 1.16. The zero-order valence-electron chi connectivity index (χ0n) is 11.3. The van der Waals surface area contributed by atoms with Gasteiger partial charge in [-0.2, -0.15) is 24.4 Å². The Balaban J connectivity index is 0.